The summed E-state index contributed by atoms with van der Waals surface area (Å²) in [7, 11) is 1.67. The third-order valence-corrected chi connectivity index (χ3v) is 6.37. The topological polar surface area (TPSA) is 66.3 Å². The third-order valence-electron chi connectivity index (χ3n) is 6.37. The Labute approximate surface area is 216 Å². The van der Waals surface area contributed by atoms with Crippen molar-refractivity contribution in [2.45, 2.75) is 19.4 Å². The minimum Gasteiger partial charge on any atom is -0.497 e. The van der Waals surface area contributed by atoms with Crippen molar-refractivity contribution in [3.8, 4) is 5.75 Å². The van der Waals surface area contributed by atoms with E-state index in [1.807, 2.05) is 73.7 Å². The number of carbonyl (C=O) groups is 1. The summed E-state index contributed by atoms with van der Waals surface area (Å²) < 4.78 is 5.34. The van der Waals surface area contributed by atoms with Gasteiger partial charge in [0.15, 0.2) is 0 Å². The SMILES string of the molecule is COc1ccc(C2CC(c3ccccc3)=NN2c2ccc(/C=N/NC(=O)c3ccc(C)cc3)cc2)cc1. The Morgan fingerprint density at radius 2 is 1.65 bits per heavy atom. The summed E-state index contributed by atoms with van der Waals surface area (Å²) in [6, 6.07) is 33.9. The Morgan fingerprint density at radius 3 is 2.32 bits per heavy atom. The molecule has 1 aliphatic heterocycles. The van der Waals surface area contributed by atoms with Crippen LogP contribution in [-0.2, 0) is 0 Å². The van der Waals surface area contributed by atoms with Crippen LogP contribution in [0.15, 0.2) is 113 Å². The van der Waals surface area contributed by atoms with Crippen molar-refractivity contribution >= 4 is 23.5 Å². The number of hydrogen-bond donors (Lipinski definition) is 1. The maximum absolute atomic E-state index is 12.3. The van der Waals surface area contributed by atoms with E-state index >= 15 is 0 Å². The van der Waals surface area contributed by atoms with Gasteiger partial charge < -0.3 is 4.74 Å². The highest BCUT2D eigenvalue weighted by atomic mass is 16.5. The minimum absolute atomic E-state index is 0.0643. The first-order valence-electron chi connectivity index (χ1n) is 12.2. The zero-order valence-corrected chi connectivity index (χ0v) is 20.8. The van der Waals surface area contributed by atoms with Gasteiger partial charge in [0.25, 0.3) is 5.91 Å². The Morgan fingerprint density at radius 1 is 0.946 bits per heavy atom. The van der Waals surface area contributed by atoms with Crippen LogP contribution in [0.2, 0.25) is 0 Å². The van der Waals surface area contributed by atoms with E-state index in [2.05, 4.69) is 39.8 Å². The molecule has 0 radical (unpaired) electrons. The standard InChI is InChI=1S/C31H28N4O2/c1-22-8-12-26(13-9-22)31(36)33-32-21-23-10-16-27(17-11-23)35-30(25-14-18-28(37-2)19-15-25)20-29(34-35)24-6-4-3-5-7-24/h3-19,21,30H,20H2,1-2H3,(H,33,36)/b32-21+. The molecule has 6 heteroatoms. The molecule has 37 heavy (non-hydrogen) atoms. The summed E-state index contributed by atoms with van der Waals surface area (Å²) in [5, 5.41) is 11.2. The van der Waals surface area contributed by atoms with Gasteiger partial charge in [0.2, 0.25) is 0 Å². The Hall–Kier alpha value is -4.71. The summed E-state index contributed by atoms with van der Waals surface area (Å²) in [6.45, 7) is 1.98. The molecule has 0 saturated carbocycles. The number of benzene rings is 4. The van der Waals surface area contributed by atoms with E-state index in [1.165, 1.54) is 5.56 Å². The van der Waals surface area contributed by atoms with Crippen molar-refractivity contribution in [3.05, 3.63) is 131 Å². The molecular weight excluding hydrogens is 460 g/mol. The van der Waals surface area contributed by atoms with Crippen LogP contribution in [0.3, 0.4) is 0 Å². The lowest BCUT2D eigenvalue weighted by atomic mass is 9.98. The van der Waals surface area contributed by atoms with E-state index in [0.717, 1.165) is 40.3 Å². The van der Waals surface area contributed by atoms with Gasteiger partial charge in [-0.1, -0.05) is 72.3 Å². The molecule has 1 N–H and O–H groups in total. The highest BCUT2D eigenvalue weighted by Crippen LogP contribution is 2.37. The summed E-state index contributed by atoms with van der Waals surface area (Å²) in [5.74, 6) is 0.589. The number of rotatable bonds is 7. The Balaban J connectivity index is 1.34. The molecule has 0 bridgehead atoms. The molecule has 1 unspecified atom stereocenters. The molecule has 1 aliphatic rings. The maximum atomic E-state index is 12.3. The number of nitrogens with zero attached hydrogens (tertiary/aromatic N) is 3. The minimum atomic E-state index is -0.241. The average molecular weight is 489 g/mol. The predicted molar refractivity (Wildman–Crippen MR) is 148 cm³/mol. The van der Waals surface area contributed by atoms with Crippen LogP contribution in [-0.4, -0.2) is 24.9 Å². The maximum Gasteiger partial charge on any atom is 0.271 e. The van der Waals surface area contributed by atoms with E-state index in [9.17, 15) is 4.79 Å². The Bertz CT molecular complexity index is 1410. The van der Waals surface area contributed by atoms with Crippen molar-refractivity contribution < 1.29 is 9.53 Å². The molecule has 0 saturated heterocycles. The summed E-state index contributed by atoms with van der Waals surface area (Å²) >= 11 is 0. The second kappa shape index (κ2) is 10.9. The van der Waals surface area contributed by atoms with Gasteiger partial charge in [0.1, 0.15) is 5.75 Å². The Kier molecular flexibility index (Phi) is 7.08. The second-order valence-electron chi connectivity index (χ2n) is 8.91. The van der Waals surface area contributed by atoms with Crippen LogP contribution in [0.4, 0.5) is 5.69 Å². The predicted octanol–water partition coefficient (Wildman–Crippen LogP) is 6.12. The third kappa shape index (κ3) is 5.59. The quantitative estimate of drug-likeness (QED) is 0.252. The summed E-state index contributed by atoms with van der Waals surface area (Å²) in [6.07, 6.45) is 2.43. The average Bonchev–Trinajstić information content (AvgIpc) is 3.40. The number of nitrogens with one attached hydrogen (secondary N) is 1. The number of hydrazone groups is 2. The van der Waals surface area contributed by atoms with Crippen LogP contribution in [0.1, 0.15) is 45.1 Å². The van der Waals surface area contributed by atoms with Crippen LogP contribution >= 0.6 is 0 Å². The van der Waals surface area contributed by atoms with Crippen LogP contribution in [0, 0.1) is 6.92 Å². The molecule has 1 heterocycles. The number of ether oxygens (including phenoxy) is 1. The molecule has 5 rings (SSSR count). The molecule has 0 aliphatic carbocycles. The summed E-state index contributed by atoms with van der Waals surface area (Å²) in [5.41, 5.74) is 9.45. The normalized spacial score (nSPS) is 15.0. The molecular formula is C31H28N4O2. The molecule has 1 amide bonds. The molecule has 1 atom stereocenters. The van der Waals surface area contributed by atoms with Crippen molar-refractivity contribution in [1.82, 2.24) is 5.43 Å². The van der Waals surface area contributed by atoms with Gasteiger partial charge in [-0.15, -0.1) is 0 Å². The lowest BCUT2D eigenvalue weighted by Gasteiger charge is -2.24. The van der Waals surface area contributed by atoms with Crippen molar-refractivity contribution in [3.63, 3.8) is 0 Å². The fourth-order valence-corrected chi connectivity index (χ4v) is 4.29. The molecule has 6 nitrogen and oxygen atoms in total. The van der Waals surface area contributed by atoms with Crippen LogP contribution in [0.5, 0.6) is 5.75 Å². The van der Waals surface area contributed by atoms with Gasteiger partial charge in [-0.2, -0.15) is 10.2 Å². The van der Waals surface area contributed by atoms with Crippen molar-refractivity contribution in [2.75, 3.05) is 12.1 Å². The van der Waals surface area contributed by atoms with E-state index in [0.29, 0.717) is 5.56 Å². The number of carbonyl (C=O) groups excluding carboxylic acids is 1. The molecule has 0 aromatic heterocycles. The van der Waals surface area contributed by atoms with Gasteiger partial charge in [-0.05, 0) is 60.0 Å². The molecule has 184 valence electrons. The lowest BCUT2D eigenvalue weighted by Crippen LogP contribution is -2.18. The van der Waals surface area contributed by atoms with Gasteiger partial charge in [0.05, 0.1) is 30.8 Å². The van der Waals surface area contributed by atoms with E-state index in [4.69, 9.17) is 9.84 Å². The number of methoxy groups -OCH3 is 1. The van der Waals surface area contributed by atoms with Gasteiger partial charge in [-0.25, -0.2) is 5.43 Å². The van der Waals surface area contributed by atoms with Crippen LogP contribution in [0.25, 0.3) is 0 Å². The number of amides is 1. The monoisotopic (exact) mass is 488 g/mol. The first-order chi connectivity index (χ1) is 18.1. The highest BCUT2D eigenvalue weighted by molar-refractivity contribution is 6.03. The molecule has 4 aromatic carbocycles. The van der Waals surface area contributed by atoms with Crippen molar-refractivity contribution in [1.29, 1.82) is 0 Å². The lowest BCUT2D eigenvalue weighted by molar-refractivity contribution is 0.0955. The number of anilines is 1. The number of aryl methyl sites for hydroxylation is 1. The first-order valence-corrected chi connectivity index (χ1v) is 12.2. The number of hydrogen-bond acceptors (Lipinski definition) is 5. The van der Waals surface area contributed by atoms with Crippen LogP contribution < -0.4 is 15.2 Å². The first kappa shape index (κ1) is 24.0. The van der Waals surface area contributed by atoms with E-state index in [-0.39, 0.29) is 11.9 Å². The van der Waals surface area contributed by atoms with Gasteiger partial charge in [0, 0.05) is 12.0 Å². The fourth-order valence-electron chi connectivity index (χ4n) is 4.29. The molecule has 4 aromatic rings. The fraction of sp³-hybridized carbons (Fsp3) is 0.129. The van der Waals surface area contributed by atoms with E-state index < -0.39 is 0 Å². The highest BCUT2D eigenvalue weighted by Gasteiger charge is 2.29. The zero-order chi connectivity index (χ0) is 25.6. The van der Waals surface area contributed by atoms with Gasteiger partial charge in [-0.3, -0.25) is 9.80 Å². The molecule has 0 fully saturated rings. The van der Waals surface area contributed by atoms with Crippen molar-refractivity contribution in [2.24, 2.45) is 10.2 Å². The second-order valence-corrected chi connectivity index (χ2v) is 8.91. The zero-order valence-electron chi connectivity index (χ0n) is 20.8. The van der Waals surface area contributed by atoms with E-state index in [1.54, 1.807) is 25.5 Å². The largest absolute Gasteiger partial charge is 0.497 e. The molecule has 0 spiro atoms. The van der Waals surface area contributed by atoms with Gasteiger partial charge >= 0.3 is 0 Å². The summed E-state index contributed by atoms with van der Waals surface area (Å²) in [4.78, 5) is 12.3. The smallest absolute Gasteiger partial charge is 0.271 e.